The van der Waals surface area contributed by atoms with Crippen LogP contribution in [-0.4, -0.2) is 52.3 Å². The number of nitrogens with one attached hydrogen (secondary N) is 2. The van der Waals surface area contributed by atoms with Gasteiger partial charge < -0.3 is 10.6 Å². The lowest BCUT2D eigenvalue weighted by Crippen LogP contribution is -2.40. The van der Waals surface area contributed by atoms with Crippen LogP contribution < -0.4 is 10.6 Å². The van der Waals surface area contributed by atoms with Gasteiger partial charge in [0.25, 0.3) is 0 Å². The zero-order chi connectivity index (χ0) is 13.0. The van der Waals surface area contributed by atoms with Crippen molar-refractivity contribution < 1.29 is 9.59 Å². The molecule has 0 spiro atoms. The molecule has 1 fully saturated rings. The van der Waals surface area contributed by atoms with Gasteiger partial charge in [0.1, 0.15) is 0 Å². The molecule has 18 heavy (non-hydrogen) atoms. The van der Waals surface area contributed by atoms with Gasteiger partial charge in [-0.05, 0) is 13.0 Å². The van der Waals surface area contributed by atoms with E-state index in [1.807, 2.05) is 23.9 Å². The van der Waals surface area contributed by atoms with Gasteiger partial charge in [-0.25, -0.2) is 4.79 Å². The largest absolute Gasteiger partial charge is 0.329 e. The van der Waals surface area contributed by atoms with Crippen molar-refractivity contribution >= 4 is 11.9 Å². The van der Waals surface area contributed by atoms with Gasteiger partial charge in [0.2, 0.25) is 5.91 Å². The molecule has 7 heteroatoms. The topological polar surface area (TPSA) is 79.3 Å². The van der Waals surface area contributed by atoms with Gasteiger partial charge >= 0.3 is 6.03 Å². The molecule has 2 rings (SSSR count). The highest BCUT2D eigenvalue weighted by Gasteiger charge is 2.27. The molecule has 1 aliphatic heterocycles. The van der Waals surface area contributed by atoms with E-state index in [9.17, 15) is 9.59 Å². The van der Waals surface area contributed by atoms with Crippen LogP contribution in [0.2, 0.25) is 0 Å². The second-order valence-electron chi connectivity index (χ2n) is 4.29. The molecule has 0 unspecified atom stereocenters. The minimum Gasteiger partial charge on any atom is -0.329 e. The molecule has 3 amide bonds. The highest BCUT2D eigenvalue weighted by Crippen LogP contribution is 1.97. The Bertz CT molecular complexity index is 401. The SMILES string of the molecule is C[C@H](Cn1cccn1)NCCN1C(=O)CNC1=O. The van der Waals surface area contributed by atoms with Crippen molar-refractivity contribution in [1.82, 2.24) is 25.3 Å². The summed E-state index contributed by atoms with van der Waals surface area (Å²) in [4.78, 5) is 23.8. The van der Waals surface area contributed by atoms with Crippen molar-refractivity contribution in [3.05, 3.63) is 18.5 Å². The van der Waals surface area contributed by atoms with Crippen molar-refractivity contribution in [3.8, 4) is 0 Å². The molecule has 2 N–H and O–H groups in total. The maximum absolute atomic E-state index is 11.3. The Kier molecular flexibility index (Phi) is 3.93. The first-order chi connectivity index (χ1) is 8.66. The number of rotatable bonds is 6. The smallest absolute Gasteiger partial charge is 0.324 e. The number of carbonyl (C=O) groups excluding carboxylic acids is 2. The second kappa shape index (κ2) is 5.63. The number of hydrogen-bond donors (Lipinski definition) is 2. The highest BCUT2D eigenvalue weighted by molar-refractivity contribution is 6.01. The van der Waals surface area contributed by atoms with Gasteiger partial charge in [-0.3, -0.25) is 14.4 Å². The van der Waals surface area contributed by atoms with Gasteiger partial charge in [-0.1, -0.05) is 0 Å². The summed E-state index contributed by atoms with van der Waals surface area (Å²) in [5.74, 6) is -0.165. The van der Waals surface area contributed by atoms with E-state index in [1.54, 1.807) is 6.20 Å². The van der Waals surface area contributed by atoms with Crippen LogP contribution in [-0.2, 0) is 11.3 Å². The van der Waals surface area contributed by atoms with E-state index >= 15 is 0 Å². The van der Waals surface area contributed by atoms with Crippen molar-refractivity contribution in [1.29, 1.82) is 0 Å². The Balaban J connectivity index is 1.69. The lowest BCUT2D eigenvalue weighted by molar-refractivity contribution is -0.124. The summed E-state index contributed by atoms with van der Waals surface area (Å²) >= 11 is 0. The highest BCUT2D eigenvalue weighted by atomic mass is 16.2. The fourth-order valence-electron chi connectivity index (χ4n) is 1.86. The maximum atomic E-state index is 11.3. The summed E-state index contributed by atoms with van der Waals surface area (Å²) in [5, 5.41) is 9.86. The first-order valence-corrected chi connectivity index (χ1v) is 5.96. The molecule has 7 nitrogen and oxygen atoms in total. The average molecular weight is 251 g/mol. The van der Waals surface area contributed by atoms with E-state index < -0.39 is 0 Å². The third kappa shape index (κ3) is 3.07. The molecule has 1 aromatic rings. The Morgan fingerprint density at radius 1 is 1.56 bits per heavy atom. The van der Waals surface area contributed by atoms with Crippen LogP contribution in [0.4, 0.5) is 4.79 Å². The Morgan fingerprint density at radius 3 is 3.00 bits per heavy atom. The predicted octanol–water partition coefficient (Wildman–Crippen LogP) is -0.587. The number of carbonyl (C=O) groups is 2. The summed E-state index contributed by atoms with van der Waals surface area (Å²) in [6, 6.07) is 1.80. The molecule has 0 saturated carbocycles. The molecule has 0 aliphatic carbocycles. The molecule has 1 aromatic heterocycles. The van der Waals surface area contributed by atoms with Gasteiger partial charge in [0, 0.05) is 31.5 Å². The summed E-state index contributed by atoms with van der Waals surface area (Å²) in [7, 11) is 0. The summed E-state index contributed by atoms with van der Waals surface area (Å²) in [5.41, 5.74) is 0. The molecular formula is C11H17N5O2. The van der Waals surface area contributed by atoms with Gasteiger partial charge in [-0.2, -0.15) is 5.10 Å². The van der Waals surface area contributed by atoms with Crippen LogP contribution in [0.1, 0.15) is 6.92 Å². The van der Waals surface area contributed by atoms with Crippen molar-refractivity contribution in [2.75, 3.05) is 19.6 Å². The quantitative estimate of drug-likeness (QED) is 0.663. The van der Waals surface area contributed by atoms with Gasteiger partial charge in [-0.15, -0.1) is 0 Å². The lowest BCUT2D eigenvalue weighted by Gasteiger charge is -2.17. The number of imide groups is 1. The lowest BCUT2D eigenvalue weighted by atomic mass is 10.3. The standard InChI is InChI=1S/C11H17N5O2/c1-9(8-15-5-2-3-14-15)12-4-6-16-10(17)7-13-11(16)18/h2-3,5,9,12H,4,6-8H2,1H3,(H,13,18)/t9-/m1/s1. The van der Waals surface area contributed by atoms with E-state index in [4.69, 9.17) is 0 Å². The van der Waals surface area contributed by atoms with E-state index in [-0.39, 0.29) is 24.5 Å². The van der Waals surface area contributed by atoms with Crippen LogP contribution in [0.3, 0.4) is 0 Å². The molecule has 2 heterocycles. The Morgan fingerprint density at radius 2 is 2.39 bits per heavy atom. The van der Waals surface area contributed by atoms with E-state index in [0.717, 1.165) is 6.54 Å². The fourth-order valence-corrected chi connectivity index (χ4v) is 1.86. The van der Waals surface area contributed by atoms with E-state index in [2.05, 4.69) is 15.7 Å². The molecule has 98 valence electrons. The second-order valence-corrected chi connectivity index (χ2v) is 4.29. The maximum Gasteiger partial charge on any atom is 0.324 e. The number of aromatic nitrogens is 2. The van der Waals surface area contributed by atoms with Crippen LogP contribution in [0.25, 0.3) is 0 Å². The van der Waals surface area contributed by atoms with Crippen LogP contribution in [0, 0.1) is 0 Å². The van der Waals surface area contributed by atoms with Gasteiger partial charge in [0.15, 0.2) is 0 Å². The van der Waals surface area contributed by atoms with Crippen LogP contribution in [0.15, 0.2) is 18.5 Å². The summed E-state index contributed by atoms with van der Waals surface area (Å²) in [6.07, 6.45) is 3.63. The molecule has 0 radical (unpaired) electrons. The fraction of sp³-hybridized carbons (Fsp3) is 0.545. The Labute approximate surface area is 105 Å². The number of hydrogen-bond acceptors (Lipinski definition) is 4. The molecule has 0 bridgehead atoms. The number of amides is 3. The monoisotopic (exact) mass is 251 g/mol. The molecular weight excluding hydrogens is 234 g/mol. The van der Waals surface area contributed by atoms with E-state index in [0.29, 0.717) is 13.1 Å². The van der Waals surface area contributed by atoms with Crippen molar-refractivity contribution in [2.45, 2.75) is 19.5 Å². The third-order valence-electron chi connectivity index (χ3n) is 2.79. The minimum absolute atomic E-state index is 0.113. The number of urea groups is 1. The average Bonchev–Trinajstić information content (AvgIpc) is 2.93. The van der Waals surface area contributed by atoms with Crippen molar-refractivity contribution in [3.63, 3.8) is 0 Å². The zero-order valence-corrected chi connectivity index (χ0v) is 10.3. The first kappa shape index (κ1) is 12.6. The molecule has 1 saturated heterocycles. The van der Waals surface area contributed by atoms with Crippen molar-refractivity contribution in [2.24, 2.45) is 0 Å². The van der Waals surface area contributed by atoms with E-state index in [1.165, 1.54) is 4.90 Å². The molecule has 1 atom stereocenters. The normalized spacial score (nSPS) is 17.1. The molecule has 0 aromatic carbocycles. The first-order valence-electron chi connectivity index (χ1n) is 5.96. The Hall–Kier alpha value is -1.89. The van der Waals surface area contributed by atoms with Crippen LogP contribution >= 0.6 is 0 Å². The number of nitrogens with zero attached hydrogens (tertiary/aromatic N) is 3. The molecule has 1 aliphatic rings. The van der Waals surface area contributed by atoms with Gasteiger partial charge in [0.05, 0.1) is 13.1 Å². The zero-order valence-electron chi connectivity index (χ0n) is 10.3. The predicted molar refractivity (Wildman–Crippen MR) is 64.8 cm³/mol. The van der Waals surface area contributed by atoms with Crippen LogP contribution in [0.5, 0.6) is 0 Å². The summed E-state index contributed by atoms with van der Waals surface area (Å²) < 4.78 is 1.84. The third-order valence-corrected chi connectivity index (χ3v) is 2.79. The summed E-state index contributed by atoms with van der Waals surface area (Å²) in [6.45, 7) is 3.89. The minimum atomic E-state index is -0.304.